The average Bonchev–Trinajstić information content (AvgIpc) is 2.53. The molecule has 0 saturated carbocycles. The van der Waals surface area contributed by atoms with Gasteiger partial charge in [-0.15, -0.1) is 0 Å². The summed E-state index contributed by atoms with van der Waals surface area (Å²) in [5.74, 6) is -0.665. The maximum absolute atomic E-state index is 11.0. The Hall–Kier alpha value is -2.54. The van der Waals surface area contributed by atoms with Crippen LogP contribution in [0.5, 0.6) is 0 Å². The highest BCUT2D eigenvalue weighted by atomic mass is 16.5. The molecule has 2 heterocycles. The second-order valence-corrected chi connectivity index (χ2v) is 4.40. The maximum Gasteiger partial charge on any atom is 0.356 e. The van der Waals surface area contributed by atoms with Gasteiger partial charge >= 0.3 is 5.97 Å². The van der Waals surface area contributed by atoms with Gasteiger partial charge in [0.1, 0.15) is 5.82 Å². The van der Waals surface area contributed by atoms with E-state index in [1.54, 1.807) is 25.3 Å². The zero-order valence-electron chi connectivity index (χ0n) is 11.8. The van der Waals surface area contributed by atoms with Crippen LogP contribution in [0.1, 0.15) is 22.2 Å². The predicted molar refractivity (Wildman–Crippen MR) is 76.2 cm³/mol. The van der Waals surface area contributed by atoms with Crippen molar-refractivity contribution in [2.75, 3.05) is 25.7 Å². The highest BCUT2D eigenvalue weighted by molar-refractivity contribution is 5.85. The van der Waals surface area contributed by atoms with Crippen LogP contribution in [-0.4, -0.2) is 46.8 Å². The number of carbonyl (C=O) groups is 1. The van der Waals surface area contributed by atoms with E-state index in [4.69, 9.17) is 9.84 Å². The molecule has 0 amide bonds. The van der Waals surface area contributed by atoms with Crippen LogP contribution in [0, 0.1) is 0 Å². The lowest BCUT2D eigenvalue weighted by atomic mass is 10.1. The molecular formula is C14H16N4O3. The summed E-state index contributed by atoms with van der Waals surface area (Å²) >= 11 is 0. The van der Waals surface area contributed by atoms with Gasteiger partial charge in [0, 0.05) is 20.4 Å². The fourth-order valence-corrected chi connectivity index (χ4v) is 1.91. The number of pyridine rings is 1. The minimum Gasteiger partial charge on any atom is -0.476 e. The van der Waals surface area contributed by atoms with Gasteiger partial charge in [-0.05, 0) is 12.1 Å². The van der Waals surface area contributed by atoms with Crippen LogP contribution in [-0.2, 0) is 4.74 Å². The molecule has 1 atom stereocenters. The molecule has 0 spiro atoms. The van der Waals surface area contributed by atoms with Crippen molar-refractivity contribution in [1.29, 1.82) is 0 Å². The Morgan fingerprint density at radius 1 is 1.43 bits per heavy atom. The molecule has 0 fully saturated rings. The van der Waals surface area contributed by atoms with Gasteiger partial charge in [0.2, 0.25) is 0 Å². The van der Waals surface area contributed by atoms with E-state index in [9.17, 15) is 4.79 Å². The van der Waals surface area contributed by atoms with Gasteiger partial charge in [-0.3, -0.25) is 9.97 Å². The van der Waals surface area contributed by atoms with Gasteiger partial charge in [-0.25, -0.2) is 9.78 Å². The van der Waals surface area contributed by atoms with Crippen molar-refractivity contribution in [2.45, 2.75) is 6.04 Å². The molecule has 1 N–H and O–H groups in total. The molecule has 0 saturated heterocycles. The van der Waals surface area contributed by atoms with Crippen molar-refractivity contribution in [1.82, 2.24) is 15.0 Å². The minimum atomic E-state index is -1.11. The quantitative estimate of drug-likeness (QED) is 0.859. The van der Waals surface area contributed by atoms with Crippen LogP contribution in [0.2, 0.25) is 0 Å². The van der Waals surface area contributed by atoms with E-state index in [2.05, 4.69) is 15.0 Å². The Bertz CT molecular complexity index is 606. The fraction of sp³-hybridized carbons (Fsp3) is 0.286. The molecule has 0 aliphatic heterocycles. The topological polar surface area (TPSA) is 88.4 Å². The Morgan fingerprint density at radius 2 is 2.24 bits per heavy atom. The number of nitrogens with zero attached hydrogens (tertiary/aromatic N) is 4. The molecule has 2 aromatic heterocycles. The molecule has 110 valence electrons. The minimum absolute atomic E-state index is 0.100. The molecular weight excluding hydrogens is 272 g/mol. The normalized spacial score (nSPS) is 11.9. The van der Waals surface area contributed by atoms with Gasteiger partial charge in [0.25, 0.3) is 0 Å². The van der Waals surface area contributed by atoms with Crippen LogP contribution in [0.3, 0.4) is 0 Å². The van der Waals surface area contributed by atoms with E-state index >= 15 is 0 Å². The second-order valence-electron chi connectivity index (χ2n) is 4.40. The van der Waals surface area contributed by atoms with Crippen molar-refractivity contribution in [3.8, 4) is 0 Å². The number of carboxylic acids is 1. The molecule has 2 aromatic rings. The first-order valence-corrected chi connectivity index (χ1v) is 6.31. The van der Waals surface area contributed by atoms with E-state index in [1.165, 1.54) is 12.4 Å². The third-order valence-electron chi connectivity index (χ3n) is 3.02. The highest BCUT2D eigenvalue weighted by Crippen LogP contribution is 2.22. The summed E-state index contributed by atoms with van der Waals surface area (Å²) in [6.45, 7) is 0.395. The summed E-state index contributed by atoms with van der Waals surface area (Å²) in [7, 11) is 3.40. The number of anilines is 1. The molecule has 0 radical (unpaired) electrons. The third kappa shape index (κ3) is 3.51. The molecule has 0 aromatic carbocycles. The molecule has 0 aliphatic carbocycles. The number of methoxy groups -OCH3 is 1. The Labute approximate surface area is 122 Å². The molecule has 7 heteroatoms. The third-order valence-corrected chi connectivity index (χ3v) is 3.02. The number of aromatic carboxylic acids is 1. The first-order chi connectivity index (χ1) is 10.1. The van der Waals surface area contributed by atoms with E-state index in [0.717, 1.165) is 5.69 Å². The standard InChI is InChI=1S/C14H16N4O3/c1-18(13-8-15-7-11(17-13)14(19)20)12(9-21-2)10-5-3-4-6-16-10/h3-8,12H,9H2,1-2H3,(H,19,20). The molecule has 0 aliphatic rings. The Kier molecular flexibility index (Phi) is 4.78. The van der Waals surface area contributed by atoms with E-state index in [-0.39, 0.29) is 11.7 Å². The van der Waals surface area contributed by atoms with Gasteiger partial charge in [-0.2, -0.15) is 0 Å². The molecule has 1 unspecified atom stereocenters. The van der Waals surface area contributed by atoms with Crippen LogP contribution >= 0.6 is 0 Å². The lowest BCUT2D eigenvalue weighted by Crippen LogP contribution is -2.29. The van der Waals surface area contributed by atoms with Crippen LogP contribution in [0.25, 0.3) is 0 Å². The summed E-state index contributed by atoms with van der Waals surface area (Å²) in [4.78, 5) is 25.1. The number of hydrogen-bond donors (Lipinski definition) is 1. The van der Waals surface area contributed by atoms with Crippen molar-refractivity contribution in [3.63, 3.8) is 0 Å². The fourth-order valence-electron chi connectivity index (χ4n) is 1.91. The summed E-state index contributed by atoms with van der Waals surface area (Å²) < 4.78 is 5.23. The number of ether oxygens (including phenoxy) is 1. The van der Waals surface area contributed by atoms with Crippen LogP contribution in [0.15, 0.2) is 36.8 Å². The lowest BCUT2D eigenvalue weighted by molar-refractivity contribution is 0.0690. The molecule has 7 nitrogen and oxygen atoms in total. The first kappa shape index (κ1) is 14.9. The van der Waals surface area contributed by atoms with E-state index in [0.29, 0.717) is 12.4 Å². The monoisotopic (exact) mass is 288 g/mol. The summed E-state index contributed by atoms with van der Waals surface area (Å²) in [6.07, 6.45) is 4.43. The Balaban J connectivity index is 2.32. The number of rotatable bonds is 6. The van der Waals surface area contributed by atoms with Crippen LogP contribution < -0.4 is 4.90 Å². The largest absolute Gasteiger partial charge is 0.476 e. The van der Waals surface area contributed by atoms with Gasteiger partial charge in [-0.1, -0.05) is 6.07 Å². The van der Waals surface area contributed by atoms with Gasteiger partial charge < -0.3 is 14.7 Å². The zero-order valence-corrected chi connectivity index (χ0v) is 11.8. The lowest BCUT2D eigenvalue weighted by Gasteiger charge is -2.28. The highest BCUT2D eigenvalue weighted by Gasteiger charge is 2.20. The number of hydrogen-bond acceptors (Lipinski definition) is 6. The molecule has 21 heavy (non-hydrogen) atoms. The van der Waals surface area contributed by atoms with Crippen LogP contribution in [0.4, 0.5) is 5.82 Å². The first-order valence-electron chi connectivity index (χ1n) is 6.31. The second kappa shape index (κ2) is 6.76. The maximum atomic E-state index is 11.0. The molecule has 0 bridgehead atoms. The van der Waals surface area contributed by atoms with E-state index < -0.39 is 5.97 Å². The van der Waals surface area contributed by atoms with E-state index in [1.807, 2.05) is 18.2 Å². The van der Waals surface area contributed by atoms with Crippen molar-refractivity contribution in [3.05, 3.63) is 48.2 Å². The number of carboxylic acid groups (broad SMARTS) is 1. The van der Waals surface area contributed by atoms with Crippen molar-refractivity contribution >= 4 is 11.8 Å². The predicted octanol–water partition coefficient (Wildman–Crippen LogP) is 1.39. The van der Waals surface area contributed by atoms with Crippen molar-refractivity contribution in [2.24, 2.45) is 0 Å². The smallest absolute Gasteiger partial charge is 0.356 e. The SMILES string of the molecule is COCC(c1ccccn1)N(C)c1cncc(C(=O)O)n1. The molecule has 2 rings (SSSR count). The average molecular weight is 288 g/mol. The number of likely N-dealkylation sites (N-methyl/N-ethyl adjacent to an activating group) is 1. The summed E-state index contributed by atoms with van der Waals surface area (Å²) in [5, 5.41) is 8.99. The van der Waals surface area contributed by atoms with Crippen molar-refractivity contribution < 1.29 is 14.6 Å². The summed E-state index contributed by atoms with van der Waals surface area (Å²) in [5.41, 5.74) is 0.709. The Morgan fingerprint density at radius 3 is 2.86 bits per heavy atom. The summed E-state index contributed by atoms with van der Waals surface area (Å²) in [6, 6.07) is 5.42. The number of aromatic nitrogens is 3. The van der Waals surface area contributed by atoms with Gasteiger partial charge in [0.05, 0.1) is 30.7 Å². The zero-order chi connectivity index (χ0) is 15.2. The van der Waals surface area contributed by atoms with Gasteiger partial charge in [0.15, 0.2) is 5.69 Å².